The zero-order valence-corrected chi connectivity index (χ0v) is 12.3. The Bertz CT molecular complexity index is 353. The van der Waals surface area contributed by atoms with Crippen LogP contribution in [0.2, 0.25) is 0 Å². The van der Waals surface area contributed by atoms with Crippen molar-refractivity contribution in [1.82, 2.24) is 5.32 Å². The number of carbonyl (C=O) groups is 2. The molecule has 0 aromatic heterocycles. The van der Waals surface area contributed by atoms with Crippen molar-refractivity contribution in [3.8, 4) is 0 Å². The van der Waals surface area contributed by atoms with Crippen molar-refractivity contribution in [3.63, 3.8) is 0 Å². The van der Waals surface area contributed by atoms with E-state index in [2.05, 4.69) is 12.2 Å². The molecule has 1 amide bonds. The van der Waals surface area contributed by atoms with Crippen LogP contribution in [0.5, 0.6) is 0 Å². The third-order valence-corrected chi connectivity index (χ3v) is 5.87. The maximum Gasteiger partial charge on any atom is 0.306 e. The average Bonchev–Trinajstić information content (AvgIpc) is 2.83. The van der Waals surface area contributed by atoms with Crippen LogP contribution in [0.25, 0.3) is 0 Å². The van der Waals surface area contributed by atoms with E-state index in [1.807, 2.05) is 11.8 Å². The SMILES string of the molecule is C[C@]1(CNC(=O)[C@@H]2CCC[C@@H](C(=O)O)C2)CCCS1. The first-order valence-corrected chi connectivity index (χ1v) is 8.13. The fourth-order valence-corrected chi connectivity index (χ4v) is 4.29. The number of amides is 1. The lowest BCUT2D eigenvalue weighted by atomic mass is 9.81. The molecule has 2 aliphatic rings. The van der Waals surface area contributed by atoms with Crippen LogP contribution in [0, 0.1) is 11.8 Å². The van der Waals surface area contributed by atoms with Gasteiger partial charge in [0.2, 0.25) is 5.91 Å². The van der Waals surface area contributed by atoms with Gasteiger partial charge in [0.25, 0.3) is 0 Å². The summed E-state index contributed by atoms with van der Waals surface area (Å²) in [6, 6.07) is 0. The predicted octanol–water partition coefficient (Wildman–Crippen LogP) is 2.28. The Balaban J connectivity index is 1.80. The topological polar surface area (TPSA) is 66.4 Å². The van der Waals surface area contributed by atoms with Gasteiger partial charge in [-0.1, -0.05) is 6.42 Å². The summed E-state index contributed by atoms with van der Waals surface area (Å²) < 4.78 is 0.177. The maximum absolute atomic E-state index is 12.2. The van der Waals surface area contributed by atoms with E-state index in [9.17, 15) is 9.59 Å². The lowest BCUT2D eigenvalue weighted by Gasteiger charge is -2.28. The van der Waals surface area contributed by atoms with E-state index in [1.165, 1.54) is 12.2 Å². The van der Waals surface area contributed by atoms with E-state index in [-0.39, 0.29) is 22.5 Å². The first kappa shape index (κ1) is 14.7. The molecule has 2 N–H and O–H groups in total. The zero-order chi connectivity index (χ0) is 13.9. The lowest BCUT2D eigenvalue weighted by Crippen LogP contribution is -2.41. The molecule has 5 heteroatoms. The molecular formula is C14H23NO3S. The van der Waals surface area contributed by atoms with Crippen LogP contribution >= 0.6 is 11.8 Å². The molecule has 1 aliphatic carbocycles. The minimum atomic E-state index is -0.754. The van der Waals surface area contributed by atoms with E-state index in [0.29, 0.717) is 19.4 Å². The number of aliphatic carboxylic acids is 1. The van der Waals surface area contributed by atoms with Gasteiger partial charge in [-0.3, -0.25) is 9.59 Å². The number of nitrogens with one attached hydrogen (secondary N) is 1. The number of hydrogen-bond donors (Lipinski definition) is 2. The number of rotatable bonds is 4. The molecular weight excluding hydrogens is 262 g/mol. The third-order valence-electron chi connectivity index (χ3n) is 4.33. The van der Waals surface area contributed by atoms with Crippen molar-refractivity contribution in [2.24, 2.45) is 11.8 Å². The first-order valence-electron chi connectivity index (χ1n) is 7.15. The average molecular weight is 285 g/mol. The molecule has 3 atom stereocenters. The minimum Gasteiger partial charge on any atom is -0.481 e. The fraction of sp³-hybridized carbons (Fsp3) is 0.857. The second kappa shape index (κ2) is 6.16. The van der Waals surface area contributed by atoms with Crippen LogP contribution < -0.4 is 5.32 Å². The highest BCUT2D eigenvalue weighted by Gasteiger charge is 2.33. The Morgan fingerprint density at radius 3 is 2.68 bits per heavy atom. The summed E-state index contributed by atoms with van der Waals surface area (Å²) in [7, 11) is 0. The summed E-state index contributed by atoms with van der Waals surface area (Å²) in [6.07, 6.45) is 5.28. The molecule has 0 aromatic rings. The Hall–Kier alpha value is -0.710. The van der Waals surface area contributed by atoms with Crippen molar-refractivity contribution in [3.05, 3.63) is 0 Å². The molecule has 1 saturated heterocycles. The van der Waals surface area contributed by atoms with Gasteiger partial charge in [-0.25, -0.2) is 0 Å². The first-order chi connectivity index (χ1) is 9.00. The number of carbonyl (C=O) groups excluding carboxylic acids is 1. The second-order valence-corrected chi connectivity index (χ2v) is 7.70. The normalized spacial score (nSPS) is 35.0. The van der Waals surface area contributed by atoms with Crippen LogP contribution in [0.1, 0.15) is 45.4 Å². The molecule has 1 aliphatic heterocycles. The molecule has 0 unspecified atom stereocenters. The summed E-state index contributed by atoms with van der Waals surface area (Å²) in [5, 5.41) is 12.1. The van der Waals surface area contributed by atoms with Crippen LogP contribution in [0.15, 0.2) is 0 Å². The molecule has 1 saturated carbocycles. The highest BCUT2D eigenvalue weighted by Crippen LogP contribution is 2.37. The zero-order valence-electron chi connectivity index (χ0n) is 11.5. The van der Waals surface area contributed by atoms with Crippen molar-refractivity contribution < 1.29 is 14.7 Å². The van der Waals surface area contributed by atoms with E-state index < -0.39 is 5.97 Å². The van der Waals surface area contributed by atoms with Gasteiger partial charge in [-0.2, -0.15) is 11.8 Å². The predicted molar refractivity (Wildman–Crippen MR) is 76.2 cm³/mol. The van der Waals surface area contributed by atoms with Crippen LogP contribution in [0.3, 0.4) is 0 Å². The molecule has 0 radical (unpaired) electrons. The Labute approximate surface area is 118 Å². The molecule has 0 aromatic carbocycles. The van der Waals surface area contributed by atoms with E-state index in [1.54, 1.807) is 0 Å². The molecule has 2 fully saturated rings. The van der Waals surface area contributed by atoms with Gasteiger partial charge in [0.05, 0.1) is 5.92 Å². The van der Waals surface area contributed by atoms with Gasteiger partial charge in [0.1, 0.15) is 0 Å². The Morgan fingerprint density at radius 1 is 1.32 bits per heavy atom. The van der Waals surface area contributed by atoms with Gasteiger partial charge >= 0.3 is 5.97 Å². The summed E-state index contributed by atoms with van der Waals surface area (Å²) in [6.45, 7) is 2.91. The van der Waals surface area contributed by atoms with Crippen molar-refractivity contribution >= 4 is 23.6 Å². The van der Waals surface area contributed by atoms with E-state index in [4.69, 9.17) is 5.11 Å². The van der Waals surface area contributed by atoms with Gasteiger partial charge in [-0.05, 0) is 44.8 Å². The molecule has 19 heavy (non-hydrogen) atoms. The monoisotopic (exact) mass is 285 g/mol. The highest BCUT2D eigenvalue weighted by molar-refractivity contribution is 8.00. The highest BCUT2D eigenvalue weighted by atomic mass is 32.2. The Kier molecular flexibility index (Phi) is 4.76. The van der Waals surface area contributed by atoms with Crippen molar-refractivity contribution in [1.29, 1.82) is 0 Å². The quantitative estimate of drug-likeness (QED) is 0.831. The van der Waals surface area contributed by atoms with Gasteiger partial charge in [0, 0.05) is 17.2 Å². The van der Waals surface area contributed by atoms with Crippen LogP contribution in [0.4, 0.5) is 0 Å². The fourth-order valence-electron chi connectivity index (χ4n) is 3.05. The molecule has 0 spiro atoms. The lowest BCUT2D eigenvalue weighted by molar-refractivity contribution is -0.144. The number of hydrogen-bond acceptors (Lipinski definition) is 3. The van der Waals surface area contributed by atoms with Crippen LogP contribution in [-0.4, -0.2) is 34.0 Å². The van der Waals surface area contributed by atoms with E-state index in [0.717, 1.165) is 19.3 Å². The number of carboxylic acids is 1. The number of thioether (sulfide) groups is 1. The number of carboxylic acid groups (broad SMARTS) is 1. The Morgan fingerprint density at radius 2 is 2.05 bits per heavy atom. The van der Waals surface area contributed by atoms with E-state index >= 15 is 0 Å². The molecule has 0 bridgehead atoms. The van der Waals surface area contributed by atoms with Gasteiger partial charge in [-0.15, -0.1) is 0 Å². The van der Waals surface area contributed by atoms with Crippen LogP contribution in [-0.2, 0) is 9.59 Å². The molecule has 108 valence electrons. The third kappa shape index (κ3) is 3.88. The molecule has 1 heterocycles. The van der Waals surface area contributed by atoms with Crippen molar-refractivity contribution in [2.75, 3.05) is 12.3 Å². The minimum absolute atomic E-state index is 0.0553. The summed E-state index contributed by atoms with van der Waals surface area (Å²) in [4.78, 5) is 23.2. The van der Waals surface area contributed by atoms with Gasteiger partial charge < -0.3 is 10.4 Å². The molecule has 4 nitrogen and oxygen atoms in total. The molecule has 2 rings (SSSR count). The smallest absolute Gasteiger partial charge is 0.306 e. The standard InChI is InChI=1S/C14H23NO3S/c1-14(6-3-7-19-14)9-15-12(16)10-4-2-5-11(8-10)13(17)18/h10-11H,2-9H2,1H3,(H,15,16)(H,17,18)/t10-,11-,14-/m1/s1. The largest absolute Gasteiger partial charge is 0.481 e. The summed E-state index contributed by atoms with van der Waals surface area (Å²) >= 11 is 1.93. The van der Waals surface area contributed by atoms with Gasteiger partial charge in [0.15, 0.2) is 0 Å². The maximum atomic E-state index is 12.2. The summed E-state index contributed by atoms with van der Waals surface area (Å²) in [5.74, 6) is 0.0398. The van der Waals surface area contributed by atoms with Crippen molar-refractivity contribution in [2.45, 2.75) is 50.2 Å². The summed E-state index contributed by atoms with van der Waals surface area (Å²) in [5.41, 5.74) is 0. The second-order valence-electron chi connectivity index (χ2n) is 6.02.